The van der Waals surface area contributed by atoms with E-state index >= 15 is 0 Å². The Morgan fingerprint density at radius 1 is 1.42 bits per heavy atom. The standard InChI is InChI=1S/C15H18N2OS/c1-19-15(7-2-8-15)11-17-14(18)9-12-3-5-13(10-16)6-4-12/h3-6H,2,7-9,11H2,1H3,(H,17,18). The molecule has 1 saturated carbocycles. The molecule has 100 valence electrons. The van der Waals surface area contributed by atoms with E-state index in [1.54, 1.807) is 12.1 Å². The number of rotatable bonds is 5. The Balaban J connectivity index is 1.82. The zero-order valence-electron chi connectivity index (χ0n) is 11.1. The number of hydrogen-bond donors (Lipinski definition) is 1. The van der Waals surface area contributed by atoms with E-state index in [4.69, 9.17) is 5.26 Å². The van der Waals surface area contributed by atoms with Gasteiger partial charge in [-0.1, -0.05) is 18.6 Å². The van der Waals surface area contributed by atoms with Gasteiger partial charge in [0.15, 0.2) is 0 Å². The van der Waals surface area contributed by atoms with E-state index in [1.807, 2.05) is 23.9 Å². The Morgan fingerprint density at radius 3 is 2.58 bits per heavy atom. The van der Waals surface area contributed by atoms with Gasteiger partial charge in [0.25, 0.3) is 0 Å². The van der Waals surface area contributed by atoms with Crippen molar-refractivity contribution in [1.29, 1.82) is 5.26 Å². The third kappa shape index (κ3) is 3.51. The molecule has 3 nitrogen and oxygen atoms in total. The minimum absolute atomic E-state index is 0.0602. The smallest absolute Gasteiger partial charge is 0.224 e. The molecule has 0 spiro atoms. The second kappa shape index (κ2) is 6.12. The highest BCUT2D eigenvalue weighted by Gasteiger charge is 2.36. The van der Waals surface area contributed by atoms with Gasteiger partial charge in [-0.05, 0) is 36.8 Å². The number of carbonyl (C=O) groups is 1. The molecule has 4 heteroatoms. The summed E-state index contributed by atoms with van der Waals surface area (Å²) in [7, 11) is 0. The maximum absolute atomic E-state index is 11.9. The van der Waals surface area contributed by atoms with Crippen LogP contribution in [-0.4, -0.2) is 23.5 Å². The molecular formula is C15H18N2OS. The summed E-state index contributed by atoms with van der Waals surface area (Å²) in [4.78, 5) is 11.9. The maximum Gasteiger partial charge on any atom is 0.224 e. The molecule has 1 amide bonds. The Labute approximate surface area is 118 Å². The summed E-state index contributed by atoms with van der Waals surface area (Å²) in [5.74, 6) is 0.0602. The number of amides is 1. The van der Waals surface area contributed by atoms with Crippen molar-refractivity contribution < 1.29 is 4.79 Å². The van der Waals surface area contributed by atoms with Crippen LogP contribution >= 0.6 is 11.8 Å². The highest BCUT2D eigenvalue weighted by Crippen LogP contribution is 2.42. The first-order valence-electron chi connectivity index (χ1n) is 6.48. The van der Waals surface area contributed by atoms with E-state index in [0.717, 1.165) is 12.1 Å². The molecule has 0 radical (unpaired) electrons. The number of carbonyl (C=O) groups excluding carboxylic acids is 1. The largest absolute Gasteiger partial charge is 0.354 e. The first-order valence-corrected chi connectivity index (χ1v) is 7.71. The minimum atomic E-state index is 0.0602. The topological polar surface area (TPSA) is 52.9 Å². The fourth-order valence-electron chi connectivity index (χ4n) is 2.23. The highest BCUT2D eigenvalue weighted by molar-refractivity contribution is 8.00. The molecule has 0 aliphatic heterocycles. The van der Waals surface area contributed by atoms with Gasteiger partial charge in [0.1, 0.15) is 0 Å². The third-order valence-corrected chi connectivity index (χ3v) is 5.17. The van der Waals surface area contributed by atoms with Crippen LogP contribution in [0.5, 0.6) is 0 Å². The Morgan fingerprint density at radius 2 is 2.11 bits per heavy atom. The van der Waals surface area contributed by atoms with Gasteiger partial charge in [-0.15, -0.1) is 0 Å². The Kier molecular flexibility index (Phi) is 4.49. The van der Waals surface area contributed by atoms with Crippen LogP contribution in [0.15, 0.2) is 24.3 Å². The van der Waals surface area contributed by atoms with Gasteiger partial charge in [-0.3, -0.25) is 4.79 Å². The van der Waals surface area contributed by atoms with E-state index in [2.05, 4.69) is 17.6 Å². The molecule has 1 aromatic carbocycles. The van der Waals surface area contributed by atoms with Gasteiger partial charge in [0.05, 0.1) is 18.1 Å². The zero-order chi connectivity index (χ0) is 13.7. The van der Waals surface area contributed by atoms with Crippen molar-refractivity contribution in [2.45, 2.75) is 30.4 Å². The predicted molar refractivity (Wildman–Crippen MR) is 78.0 cm³/mol. The number of nitrogens with zero attached hydrogens (tertiary/aromatic N) is 1. The van der Waals surface area contributed by atoms with Crippen LogP contribution in [0.2, 0.25) is 0 Å². The fraction of sp³-hybridized carbons (Fsp3) is 0.467. The highest BCUT2D eigenvalue weighted by atomic mass is 32.2. The zero-order valence-corrected chi connectivity index (χ0v) is 11.9. The van der Waals surface area contributed by atoms with Crippen LogP contribution in [0, 0.1) is 11.3 Å². The molecule has 1 N–H and O–H groups in total. The number of nitrogens with one attached hydrogen (secondary N) is 1. The third-order valence-electron chi connectivity index (χ3n) is 3.75. The quantitative estimate of drug-likeness (QED) is 0.897. The van der Waals surface area contributed by atoms with Gasteiger partial charge >= 0.3 is 0 Å². The van der Waals surface area contributed by atoms with Crippen LogP contribution in [0.25, 0.3) is 0 Å². The van der Waals surface area contributed by atoms with Crippen LogP contribution in [0.1, 0.15) is 30.4 Å². The molecule has 0 atom stereocenters. The number of benzene rings is 1. The Hall–Kier alpha value is -1.47. The summed E-state index contributed by atoms with van der Waals surface area (Å²) in [6.07, 6.45) is 6.17. The molecule has 0 saturated heterocycles. The molecule has 1 fully saturated rings. The SMILES string of the molecule is CSC1(CNC(=O)Cc2ccc(C#N)cc2)CCC1. The summed E-state index contributed by atoms with van der Waals surface area (Å²) in [5, 5.41) is 11.7. The van der Waals surface area contributed by atoms with Gasteiger partial charge in [0, 0.05) is 11.3 Å². The van der Waals surface area contributed by atoms with Crippen LogP contribution in [-0.2, 0) is 11.2 Å². The first kappa shape index (κ1) is 14.0. The van der Waals surface area contributed by atoms with E-state index in [0.29, 0.717) is 12.0 Å². The fourth-order valence-corrected chi connectivity index (χ4v) is 3.14. The van der Waals surface area contributed by atoms with E-state index in [1.165, 1.54) is 19.3 Å². The normalized spacial score (nSPS) is 16.2. The van der Waals surface area contributed by atoms with Crippen molar-refractivity contribution in [2.24, 2.45) is 0 Å². The van der Waals surface area contributed by atoms with Crippen molar-refractivity contribution >= 4 is 17.7 Å². The molecule has 1 aliphatic carbocycles. The van der Waals surface area contributed by atoms with Crippen LogP contribution in [0.4, 0.5) is 0 Å². The van der Waals surface area contributed by atoms with Crippen LogP contribution in [0.3, 0.4) is 0 Å². The van der Waals surface area contributed by atoms with Gasteiger partial charge < -0.3 is 5.32 Å². The second-order valence-corrected chi connectivity index (χ2v) is 6.28. The molecule has 1 aliphatic rings. The second-order valence-electron chi connectivity index (χ2n) is 5.00. The van der Waals surface area contributed by atoms with Crippen molar-refractivity contribution in [1.82, 2.24) is 5.32 Å². The van der Waals surface area contributed by atoms with Gasteiger partial charge in [-0.25, -0.2) is 0 Å². The van der Waals surface area contributed by atoms with Crippen molar-refractivity contribution in [3.63, 3.8) is 0 Å². The maximum atomic E-state index is 11.9. The molecule has 0 heterocycles. The lowest BCUT2D eigenvalue weighted by molar-refractivity contribution is -0.120. The van der Waals surface area contributed by atoms with E-state index < -0.39 is 0 Å². The summed E-state index contributed by atoms with van der Waals surface area (Å²) in [6, 6.07) is 9.25. The number of hydrogen-bond acceptors (Lipinski definition) is 3. The average molecular weight is 274 g/mol. The first-order chi connectivity index (χ1) is 9.17. The molecular weight excluding hydrogens is 256 g/mol. The van der Waals surface area contributed by atoms with Crippen molar-refractivity contribution in [2.75, 3.05) is 12.8 Å². The Bertz CT molecular complexity index is 480. The summed E-state index contributed by atoms with van der Waals surface area (Å²) >= 11 is 1.86. The minimum Gasteiger partial charge on any atom is -0.354 e. The molecule has 0 aromatic heterocycles. The lowest BCUT2D eigenvalue weighted by Crippen LogP contribution is -2.45. The predicted octanol–water partition coefficient (Wildman–Crippen LogP) is 2.50. The summed E-state index contributed by atoms with van der Waals surface area (Å²) < 4.78 is 0.278. The van der Waals surface area contributed by atoms with E-state index in [9.17, 15) is 4.79 Å². The number of thioether (sulfide) groups is 1. The van der Waals surface area contributed by atoms with E-state index in [-0.39, 0.29) is 10.7 Å². The summed E-state index contributed by atoms with van der Waals surface area (Å²) in [6.45, 7) is 0.767. The lowest BCUT2D eigenvalue weighted by Gasteiger charge is -2.40. The lowest BCUT2D eigenvalue weighted by atomic mass is 9.84. The molecule has 0 unspecified atom stereocenters. The average Bonchev–Trinajstić information content (AvgIpc) is 2.39. The monoisotopic (exact) mass is 274 g/mol. The van der Waals surface area contributed by atoms with Gasteiger partial charge in [0.2, 0.25) is 5.91 Å². The molecule has 0 bridgehead atoms. The van der Waals surface area contributed by atoms with Crippen LogP contribution < -0.4 is 5.32 Å². The van der Waals surface area contributed by atoms with Crippen molar-refractivity contribution in [3.8, 4) is 6.07 Å². The van der Waals surface area contributed by atoms with Gasteiger partial charge in [-0.2, -0.15) is 17.0 Å². The molecule has 19 heavy (non-hydrogen) atoms. The molecule has 2 rings (SSSR count). The molecule has 1 aromatic rings. The van der Waals surface area contributed by atoms with Crippen molar-refractivity contribution in [3.05, 3.63) is 35.4 Å². The summed E-state index contributed by atoms with van der Waals surface area (Å²) in [5.41, 5.74) is 1.57. The number of nitriles is 1.